The number of aryl methyl sites for hydroxylation is 1. The van der Waals surface area contributed by atoms with Gasteiger partial charge in [0.25, 0.3) is 0 Å². The summed E-state index contributed by atoms with van der Waals surface area (Å²) in [6.45, 7) is 3.46. The molecule has 21 heavy (non-hydrogen) atoms. The molecule has 2 aromatic rings. The third-order valence-electron chi connectivity index (χ3n) is 3.66. The van der Waals surface area contributed by atoms with E-state index < -0.39 is 0 Å². The van der Waals surface area contributed by atoms with Gasteiger partial charge in [-0.25, -0.2) is 0 Å². The van der Waals surface area contributed by atoms with Crippen LogP contribution in [0.25, 0.3) is 0 Å². The Labute approximate surface area is 132 Å². The van der Waals surface area contributed by atoms with Gasteiger partial charge in [0.1, 0.15) is 5.75 Å². The van der Waals surface area contributed by atoms with Crippen molar-refractivity contribution >= 4 is 21.6 Å². The number of anilines is 1. The molecule has 0 fully saturated rings. The Bertz CT molecular complexity index is 734. The second kappa shape index (κ2) is 5.79. The smallest absolute Gasteiger partial charge is 0.127 e. The summed E-state index contributed by atoms with van der Waals surface area (Å²) in [5.74, 6) is 1.000. The first-order chi connectivity index (χ1) is 10.2. The molecule has 0 saturated heterocycles. The molecular weight excluding hydrogens is 328 g/mol. The van der Waals surface area contributed by atoms with Crippen molar-refractivity contribution in [1.29, 1.82) is 5.26 Å². The summed E-state index contributed by atoms with van der Waals surface area (Å²) in [7, 11) is 0. The molecule has 0 radical (unpaired) electrons. The number of hydrogen-bond donors (Lipinski definition) is 1. The monoisotopic (exact) mass is 342 g/mol. The van der Waals surface area contributed by atoms with E-state index in [1.54, 1.807) is 0 Å². The van der Waals surface area contributed by atoms with Gasteiger partial charge in [0, 0.05) is 28.7 Å². The number of fused-ring (bicyclic) bond motifs is 1. The largest absolute Gasteiger partial charge is 0.493 e. The summed E-state index contributed by atoms with van der Waals surface area (Å²) < 4.78 is 6.81. The van der Waals surface area contributed by atoms with Crippen molar-refractivity contribution in [2.45, 2.75) is 19.9 Å². The summed E-state index contributed by atoms with van der Waals surface area (Å²) in [4.78, 5) is 0. The summed E-state index contributed by atoms with van der Waals surface area (Å²) in [5.41, 5.74) is 5.17. The normalized spacial score (nSPS) is 12.4. The first-order valence-electron chi connectivity index (χ1n) is 6.86. The molecule has 3 rings (SSSR count). The van der Waals surface area contributed by atoms with Crippen molar-refractivity contribution in [3.8, 4) is 11.8 Å². The minimum atomic E-state index is 0.666. The summed E-state index contributed by atoms with van der Waals surface area (Å²) in [6.07, 6.45) is 0.963. The maximum atomic E-state index is 9.00. The van der Waals surface area contributed by atoms with Crippen LogP contribution in [0.2, 0.25) is 0 Å². The molecule has 1 N–H and O–H groups in total. The van der Waals surface area contributed by atoms with Crippen LogP contribution in [0.5, 0.6) is 5.75 Å². The standard InChI is InChI=1S/C17H15BrN2O/c1-11-2-3-12(9-19)6-16(11)20-10-14-8-15(18)7-13-4-5-21-17(13)14/h2-3,6-8,20H,4-5,10H2,1H3. The van der Waals surface area contributed by atoms with E-state index in [1.165, 1.54) is 5.56 Å². The second-order valence-electron chi connectivity index (χ2n) is 5.15. The van der Waals surface area contributed by atoms with Gasteiger partial charge in [0.2, 0.25) is 0 Å². The average molecular weight is 343 g/mol. The van der Waals surface area contributed by atoms with Gasteiger partial charge in [-0.3, -0.25) is 0 Å². The fraction of sp³-hybridized carbons (Fsp3) is 0.235. The molecule has 0 atom stereocenters. The van der Waals surface area contributed by atoms with Crippen LogP contribution in [0.1, 0.15) is 22.3 Å². The number of halogens is 1. The molecule has 4 heteroatoms. The number of rotatable bonds is 3. The number of ether oxygens (including phenoxy) is 1. The van der Waals surface area contributed by atoms with Crippen molar-refractivity contribution in [3.63, 3.8) is 0 Å². The summed E-state index contributed by atoms with van der Waals surface area (Å²) in [5, 5.41) is 12.4. The lowest BCUT2D eigenvalue weighted by molar-refractivity contribution is 0.354. The maximum Gasteiger partial charge on any atom is 0.127 e. The molecule has 0 aliphatic carbocycles. The van der Waals surface area contributed by atoms with Crippen LogP contribution in [-0.2, 0) is 13.0 Å². The minimum Gasteiger partial charge on any atom is -0.493 e. The van der Waals surface area contributed by atoms with Crippen molar-refractivity contribution in [1.82, 2.24) is 0 Å². The lowest BCUT2D eigenvalue weighted by Gasteiger charge is -2.13. The quantitative estimate of drug-likeness (QED) is 0.910. The number of nitrogens with one attached hydrogen (secondary N) is 1. The van der Waals surface area contributed by atoms with Gasteiger partial charge in [-0.1, -0.05) is 22.0 Å². The lowest BCUT2D eigenvalue weighted by atomic mass is 10.1. The molecule has 0 spiro atoms. The predicted octanol–water partition coefficient (Wildman–Crippen LogP) is 4.18. The molecule has 3 nitrogen and oxygen atoms in total. The van der Waals surface area contributed by atoms with Gasteiger partial charge in [-0.15, -0.1) is 0 Å². The molecule has 0 amide bonds. The van der Waals surface area contributed by atoms with Crippen molar-refractivity contribution in [2.75, 3.05) is 11.9 Å². The molecule has 2 aromatic carbocycles. The van der Waals surface area contributed by atoms with Crippen LogP contribution in [0.15, 0.2) is 34.8 Å². The van der Waals surface area contributed by atoms with Gasteiger partial charge in [0.15, 0.2) is 0 Å². The van der Waals surface area contributed by atoms with Gasteiger partial charge in [-0.05, 0) is 42.3 Å². The van der Waals surface area contributed by atoms with Crippen molar-refractivity contribution in [3.05, 3.63) is 57.1 Å². The zero-order valence-corrected chi connectivity index (χ0v) is 13.3. The van der Waals surface area contributed by atoms with Crippen LogP contribution >= 0.6 is 15.9 Å². The Hall–Kier alpha value is -1.99. The first-order valence-corrected chi connectivity index (χ1v) is 7.65. The van der Waals surface area contributed by atoms with Crippen molar-refractivity contribution < 1.29 is 4.74 Å². The number of nitrogens with zero attached hydrogens (tertiary/aromatic N) is 1. The van der Waals surface area contributed by atoms with E-state index in [1.807, 2.05) is 25.1 Å². The zero-order chi connectivity index (χ0) is 14.8. The van der Waals surface area contributed by atoms with Crippen LogP contribution in [-0.4, -0.2) is 6.61 Å². The topological polar surface area (TPSA) is 45.0 Å². The molecule has 0 bridgehead atoms. The van der Waals surface area contributed by atoms with Crippen LogP contribution in [0.3, 0.4) is 0 Å². The Morgan fingerprint density at radius 2 is 2.19 bits per heavy atom. The highest BCUT2D eigenvalue weighted by Crippen LogP contribution is 2.33. The van der Waals surface area contributed by atoms with Gasteiger partial charge >= 0.3 is 0 Å². The van der Waals surface area contributed by atoms with E-state index in [4.69, 9.17) is 10.00 Å². The van der Waals surface area contributed by atoms with Gasteiger partial charge in [-0.2, -0.15) is 5.26 Å². The van der Waals surface area contributed by atoms with E-state index >= 15 is 0 Å². The van der Waals surface area contributed by atoms with E-state index in [9.17, 15) is 0 Å². The van der Waals surface area contributed by atoms with Crippen molar-refractivity contribution in [2.24, 2.45) is 0 Å². The minimum absolute atomic E-state index is 0.666. The second-order valence-corrected chi connectivity index (χ2v) is 6.06. The molecule has 0 aromatic heterocycles. The SMILES string of the molecule is Cc1ccc(C#N)cc1NCc1cc(Br)cc2c1OCC2. The van der Waals surface area contributed by atoms with E-state index in [0.717, 1.165) is 40.1 Å². The van der Waals surface area contributed by atoms with E-state index in [-0.39, 0.29) is 0 Å². The molecule has 106 valence electrons. The number of nitriles is 1. The Morgan fingerprint density at radius 1 is 1.33 bits per heavy atom. The number of hydrogen-bond acceptors (Lipinski definition) is 3. The molecule has 1 heterocycles. The Morgan fingerprint density at radius 3 is 3.00 bits per heavy atom. The van der Waals surface area contributed by atoms with E-state index in [2.05, 4.69) is 39.4 Å². The number of benzene rings is 2. The zero-order valence-electron chi connectivity index (χ0n) is 11.7. The highest BCUT2D eigenvalue weighted by atomic mass is 79.9. The predicted molar refractivity (Wildman–Crippen MR) is 86.6 cm³/mol. The molecular formula is C17H15BrN2O. The first kappa shape index (κ1) is 14.0. The van der Waals surface area contributed by atoms with Gasteiger partial charge in [0.05, 0.1) is 18.2 Å². The third-order valence-corrected chi connectivity index (χ3v) is 4.12. The van der Waals surface area contributed by atoms with Crippen LogP contribution < -0.4 is 10.1 Å². The Kier molecular flexibility index (Phi) is 3.85. The summed E-state index contributed by atoms with van der Waals surface area (Å²) in [6, 6.07) is 12.1. The molecule has 0 unspecified atom stereocenters. The van der Waals surface area contributed by atoms with Crippen LogP contribution in [0.4, 0.5) is 5.69 Å². The van der Waals surface area contributed by atoms with Gasteiger partial charge < -0.3 is 10.1 Å². The fourth-order valence-electron chi connectivity index (χ4n) is 2.55. The third kappa shape index (κ3) is 2.88. The van der Waals surface area contributed by atoms with E-state index in [0.29, 0.717) is 12.1 Å². The van der Waals surface area contributed by atoms with Crippen LogP contribution in [0, 0.1) is 18.3 Å². The lowest BCUT2D eigenvalue weighted by Crippen LogP contribution is -2.03. The fourth-order valence-corrected chi connectivity index (χ4v) is 3.10. The summed E-state index contributed by atoms with van der Waals surface area (Å²) >= 11 is 3.55. The maximum absolute atomic E-state index is 9.00. The Balaban J connectivity index is 1.85. The average Bonchev–Trinajstić information content (AvgIpc) is 2.94. The highest BCUT2D eigenvalue weighted by Gasteiger charge is 2.17. The molecule has 0 saturated carbocycles. The molecule has 1 aliphatic rings. The molecule has 1 aliphatic heterocycles. The highest BCUT2D eigenvalue weighted by molar-refractivity contribution is 9.10.